The first-order valence-electron chi connectivity index (χ1n) is 8.77. The molecule has 0 fully saturated rings. The van der Waals surface area contributed by atoms with Gasteiger partial charge in [-0.2, -0.15) is 0 Å². The Kier molecular flexibility index (Phi) is 6.76. The standard InChI is InChI=1S/C23H17ClFNO3/c24-18-8-4-5-16(15-18)9-14-21(27)29-22(17-6-2-1-3-7-17)23(28)26-20-12-10-19(25)11-13-20/h1-15,22H,(H,26,28)/b14-9+/t22-/m0/s1. The number of carbonyl (C=O) groups is 2. The summed E-state index contributed by atoms with van der Waals surface area (Å²) in [7, 11) is 0. The fraction of sp³-hybridized carbons (Fsp3) is 0.0435. The van der Waals surface area contributed by atoms with Crippen molar-refractivity contribution in [1.29, 1.82) is 0 Å². The van der Waals surface area contributed by atoms with Crippen molar-refractivity contribution in [3.05, 3.63) is 107 Å². The molecule has 0 radical (unpaired) electrons. The zero-order valence-corrected chi connectivity index (χ0v) is 16.0. The van der Waals surface area contributed by atoms with Gasteiger partial charge in [-0.3, -0.25) is 4.79 Å². The Bertz CT molecular complexity index is 1020. The van der Waals surface area contributed by atoms with Crippen LogP contribution in [0.1, 0.15) is 17.2 Å². The molecule has 0 aliphatic carbocycles. The molecule has 1 amide bonds. The molecule has 146 valence electrons. The number of carbonyl (C=O) groups excluding carboxylic acids is 2. The molecular weight excluding hydrogens is 393 g/mol. The Labute approximate surface area is 172 Å². The van der Waals surface area contributed by atoms with Crippen molar-refractivity contribution in [3.63, 3.8) is 0 Å². The van der Waals surface area contributed by atoms with Crippen LogP contribution in [0.25, 0.3) is 6.08 Å². The van der Waals surface area contributed by atoms with Gasteiger partial charge in [0, 0.05) is 22.3 Å². The van der Waals surface area contributed by atoms with Gasteiger partial charge in [-0.25, -0.2) is 9.18 Å². The number of anilines is 1. The summed E-state index contributed by atoms with van der Waals surface area (Å²) in [5.74, 6) is -1.65. The molecule has 3 aromatic rings. The molecule has 0 unspecified atom stereocenters. The maximum Gasteiger partial charge on any atom is 0.331 e. The Morgan fingerprint density at radius 3 is 2.38 bits per heavy atom. The van der Waals surface area contributed by atoms with Crippen molar-refractivity contribution in [2.75, 3.05) is 5.32 Å². The van der Waals surface area contributed by atoms with Crippen molar-refractivity contribution >= 4 is 35.2 Å². The molecule has 4 nitrogen and oxygen atoms in total. The van der Waals surface area contributed by atoms with E-state index in [1.807, 2.05) is 0 Å². The summed E-state index contributed by atoms with van der Waals surface area (Å²) in [6, 6.07) is 20.9. The molecule has 3 aromatic carbocycles. The van der Waals surface area contributed by atoms with Gasteiger partial charge < -0.3 is 10.1 Å². The summed E-state index contributed by atoms with van der Waals surface area (Å²) < 4.78 is 18.5. The van der Waals surface area contributed by atoms with E-state index >= 15 is 0 Å². The maximum absolute atomic E-state index is 13.1. The van der Waals surface area contributed by atoms with Gasteiger partial charge in [-0.15, -0.1) is 0 Å². The van der Waals surface area contributed by atoms with E-state index in [9.17, 15) is 14.0 Å². The number of halogens is 2. The summed E-state index contributed by atoms with van der Waals surface area (Å²) in [6.45, 7) is 0. The number of amides is 1. The van der Waals surface area contributed by atoms with Crippen LogP contribution in [-0.2, 0) is 14.3 Å². The lowest BCUT2D eigenvalue weighted by Crippen LogP contribution is -2.25. The zero-order chi connectivity index (χ0) is 20.6. The van der Waals surface area contributed by atoms with Gasteiger partial charge in [-0.05, 0) is 48.0 Å². The molecule has 1 atom stereocenters. The van der Waals surface area contributed by atoms with Crippen LogP contribution in [0.4, 0.5) is 10.1 Å². The summed E-state index contributed by atoms with van der Waals surface area (Å²) >= 11 is 5.93. The molecule has 1 N–H and O–H groups in total. The first-order valence-corrected chi connectivity index (χ1v) is 9.15. The lowest BCUT2D eigenvalue weighted by atomic mass is 10.1. The first kappa shape index (κ1) is 20.3. The lowest BCUT2D eigenvalue weighted by Gasteiger charge is -2.17. The van der Waals surface area contributed by atoms with Crippen LogP contribution < -0.4 is 5.32 Å². The average Bonchev–Trinajstić information content (AvgIpc) is 2.73. The third kappa shape index (κ3) is 6.02. The monoisotopic (exact) mass is 409 g/mol. The number of hydrogen-bond donors (Lipinski definition) is 1. The number of nitrogens with one attached hydrogen (secondary N) is 1. The summed E-state index contributed by atoms with van der Waals surface area (Å²) in [4.78, 5) is 25.0. The second kappa shape index (κ2) is 9.66. The molecule has 29 heavy (non-hydrogen) atoms. The zero-order valence-electron chi connectivity index (χ0n) is 15.2. The van der Waals surface area contributed by atoms with E-state index in [1.165, 1.54) is 30.3 Å². The van der Waals surface area contributed by atoms with Crippen LogP contribution in [0.3, 0.4) is 0 Å². The highest BCUT2D eigenvalue weighted by molar-refractivity contribution is 6.30. The van der Waals surface area contributed by atoms with Crippen LogP contribution in [-0.4, -0.2) is 11.9 Å². The molecule has 0 aliphatic heterocycles. The van der Waals surface area contributed by atoms with E-state index in [4.69, 9.17) is 16.3 Å². The molecule has 0 aliphatic rings. The van der Waals surface area contributed by atoms with Crippen LogP contribution in [0.15, 0.2) is 84.9 Å². The van der Waals surface area contributed by atoms with Gasteiger partial charge in [0.2, 0.25) is 6.10 Å². The molecule has 0 aromatic heterocycles. The molecule has 0 saturated heterocycles. The third-order valence-electron chi connectivity index (χ3n) is 3.95. The van der Waals surface area contributed by atoms with Crippen molar-refractivity contribution in [2.24, 2.45) is 0 Å². The number of rotatable bonds is 6. The predicted octanol–water partition coefficient (Wildman–Crippen LogP) is 5.42. The number of benzene rings is 3. The topological polar surface area (TPSA) is 55.4 Å². The number of esters is 1. The van der Waals surface area contributed by atoms with Crippen LogP contribution in [0.2, 0.25) is 5.02 Å². The second-order valence-electron chi connectivity index (χ2n) is 6.11. The molecular formula is C23H17ClFNO3. The highest BCUT2D eigenvalue weighted by Crippen LogP contribution is 2.21. The van der Waals surface area contributed by atoms with Gasteiger partial charge in [0.15, 0.2) is 0 Å². The quantitative estimate of drug-likeness (QED) is 0.437. The highest BCUT2D eigenvalue weighted by Gasteiger charge is 2.24. The van der Waals surface area contributed by atoms with Crippen LogP contribution in [0.5, 0.6) is 0 Å². The minimum absolute atomic E-state index is 0.392. The first-order chi connectivity index (χ1) is 14.0. The predicted molar refractivity (Wildman–Crippen MR) is 111 cm³/mol. The van der Waals surface area contributed by atoms with E-state index < -0.39 is 23.8 Å². The summed E-state index contributed by atoms with van der Waals surface area (Å²) in [6.07, 6.45) is 1.61. The van der Waals surface area contributed by atoms with E-state index in [0.29, 0.717) is 16.3 Å². The molecule has 0 saturated carbocycles. The Morgan fingerprint density at radius 1 is 0.966 bits per heavy atom. The van der Waals surface area contributed by atoms with Gasteiger partial charge in [0.05, 0.1) is 0 Å². The SMILES string of the molecule is O=C(/C=C/c1cccc(Cl)c1)O[C@H](C(=O)Nc1ccc(F)cc1)c1ccccc1. The van der Waals surface area contributed by atoms with E-state index in [2.05, 4.69) is 5.32 Å². The Hall–Kier alpha value is -3.44. The maximum atomic E-state index is 13.1. The molecule has 0 bridgehead atoms. The minimum atomic E-state index is -1.17. The van der Waals surface area contributed by atoms with Crippen molar-refractivity contribution in [2.45, 2.75) is 6.10 Å². The van der Waals surface area contributed by atoms with Gasteiger partial charge in [0.25, 0.3) is 5.91 Å². The normalized spacial score (nSPS) is 11.8. The molecule has 3 rings (SSSR count). The highest BCUT2D eigenvalue weighted by atomic mass is 35.5. The van der Waals surface area contributed by atoms with Gasteiger partial charge >= 0.3 is 5.97 Å². The second-order valence-corrected chi connectivity index (χ2v) is 6.55. The average molecular weight is 410 g/mol. The number of ether oxygens (including phenoxy) is 1. The van der Waals surface area contributed by atoms with Gasteiger partial charge in [0.1, 0.15) is 5.82 Å². The van der Waals surface area contributed by atoms with E-state index in [0.717, 1.165) is 5.56 Å². The van der Waals surface area contributed by atoms with Crippen molar-refractivity contribution in [3.8, 4) is 0 Å². The lowest BCUT2D eigenvalue weighted by molar-refractivity contribution is -0.149. The van der Waals surface area contributed by atoms with E-state index in [-0.39, 0.29) is 0 Å². The fourth-order valence-corrected chi connectivity index (χ4v) is 2.77. The Morgan fingerprint density at radius 2 is 1.69 bits per heavy atom. The smallest absolute Gasteiger partial charge is 0.331 e. The summed E-state index contributed by atoms with van der Waals surface area (Å²) in [5, 5.41) is 3.17. The van der Waals surface area contributed by atoms with Crippen LogP contribution >= 0.6 is 11.6 Å². The molecule has 0 spiro atoms. The minimum Gasteiger partial charge on any atom is -0.444 e. The largest absolute Gasteiger partial charge is 0.444 e. The van der Waals surface area contributed by atoms with Crippen molar-refractivity contribution < 1.29 is 18.7 Å². The van der Waals surface area contributed by atoms with E-state index in [1.54, 1.807) is 60.7 Å². The molecule has 0 heterocycles. The number of hydrogen-bond acceptors (Lipinski definition) is 3. The van der Waals surface area contributed by atoms with Crippen LogP contribution in [0, 0.1) is 5.82 Å². The van der Waals surface area contributed by atoms with Gasteiger partial charge in [-0.1, -0.05) is 54.1 Å². The fourth-order valence-electron chi connectivity index (χ4n) is 2.57. The molecule has 6 heteroatoms. The van der Waals surface area contributed by atoms with Crippen molar-refractivity contribution in [1.82, 2.24) is 0 Å². The third-order valence-corrected chi connectivity index (χ3v) is 4.18. The Balaban J connectivity index is 1.75. The summed E-state index contributed by atoms with van der Waals surface area (Å²) in [5.41, 5.74) is 1.63.